The molecule has 1 unspecified atom stereocenters. The number of unbranched alkanes of at least 4 members (excludes halogenated alkanes) is 1. The second-order valence-corrected chi connectivity index (χ2v) is 7.93. The van der Waals surface area contributed by atoms with Gasteiger partial charge in [0, 0.05) is 12.6 Å². The molecular formula is C23H35ClN2O4. The first-order valence-electron chi connectivity index (χ1n) is 11.0. The second kappa shape index (κ2) is 12.7. The number of hydrogen-bond acceptors (Lipinski definition) is 4. The third kappa shape index (κ3) is 6.53. The summed E-state index contributed by atoms with van der Waals surface area (Å²) < 4.78 is 11.1. The van der Waals surface area contributed by atoms with Crippen LogP contribution in [-0.2, 0) is 9.59 Å². The normalized spacial score (nSPS) is 15.3. The van der Waals surface area contributed by atoms with Crippen molar-refractivity contribution in [3.05, 3.63) is 23.8 Å². The molecule has 0 saturated heterocycles. The van der Waals surface area contributed by atoms with Crippen molar-refractivity contribution in [1.82, 2.24) is 10.2 Å². The van der Waals surface area contributed by atoms with Crippen molar-refractivity contribution >= 4 is 23.4 Å². The van der Waals surface area contributed by atoms with E-state index in [1.807, 2.05) is 13.0 Å². The van der Waals surface area contributed by atoms with Crippen molar-refractivity contribution in [2.45, 2.75) is 70.9 Å². The lowest BCUT2D eigenvalue weighted by Crippen LogP contribution is -2.47. The van der Waals surface area contributed by atoms with Crippen LogP contribution in [0.25, 0.3) is 0 Å². The molecule has 1 fully saturated rings. The average molecular weight is 439 g/mol. The minimum absolute atomic E-state index is 0.150. The molecule has 6 nitrogen and oxygen atoms in total. The Labute approximate surface area is 185 Å². The number of hydrogen-bond donors (Lipinski definition) is 1. The van der Waals surface area contributed by atoms with Crippen LogP contribution in [-0.4, -0.2) is 48.9 Å². The summed E-state index contributed by atoms with van der Waals surface area (Å²) in [4.78, 5) is 27.7. The molecule has 1 aliphatic rings. The lowest BCUT2D eigenvalue weighted by Gasteiger charge is -2.33. The third-order valence-corrected chi connectivity index (χ3v) is 5.73. The van der Waals surface area contributed by atoms with Gasteiger partial charge in [-0.3, -0.25) is 9.59 Å². The number of carbonyl (C=O) groups is 2. The summed E-state index contributed by atoms with van der Waals surface area (Å²) in [5.74, 6) is 0.576. The molecule has 0 aromatic heterocycles. The zero-order chi connectivity index (χ0) is 21.9. The van der Waals surface area contributed by atoms with Crippen molar-refractivity contribution in [1.29, 1.82) is 0 Å². The molecule has 1 atom stereocenters. The molecular weight excluding hydrogens is 404 g/mol. The van der Waals surface area contributed by atoms with Crippen molar-refractivity contribution in [2.24, 2.45) is 0 Å². The first-order chi connectivity index (χ1) is 14.5. The molecule has 168 valence electrons. The van der Waals surface area contributed by atoms with Crippen LogP contribution in [0.2, 0.25) is 0 Å². The Balaban J connectivity index is 2.40. The monoisotopic (exact) mass is 438 g/mol. The molecule has 0 radical (unpaired) electrons. The highest BCUT2D eigenvalue weighted by molar-refractivity contribution is 6.27. The summed E-state index contributed by atoms with van der Waals surface area (Å²) in [6.45, 7) is 4.94. The maximum atomic E-state index is 13.4. The van der Waals surface area contributed by atoms with Crippen molar-refractivity contribution in [3.8, 4) is 11.5 Å². The number of ether oxygens (including phenoxy) is 2. The van der Waals surface area contributed by atoms with Crippen molar-refractivity contribution in [3.63, 3.8) is 0 Å². The quantitative estimate of drug-likeness (QED) is 0.518. The van der Waals surface area contributed by atoms with Gasteiger partial charge in [0.25, 0.3) is 0 Å². The van der Waals surface area contributed by atoms with Gasteiger partial charge in [0.15, 0.2) is 11.5 Å². The van der Waals surface area contributed by atoms with E-state index in [2.05, 4.69) is 12.2 Å². The fourth-order valence-corrected chi connectivity index (χ4v) is 4.09. The van der Waals surface area contributed by atoms with E-state index in [9.17, 15) is 9.59 Å². The Hall–Kier alpha value is -1.95. The Bertz CT molecular complexity index is 692. The van der Waals surface area contributed by atoms with Crippen LogP contribution in [0.15, 0.2) is 18.2 Å². The van der Waals surface area contributed by atoms with E-state index in [0.29, 0.717) is 30.2 Å². The van der Waals surface area contributed by atoms with Gasteiger partial charge in [0.05, 0.1) is 13.7 Å². The average Bonchev–Trinajstić information content (AvgIpc) is 2.77. The highest BCUT2D eigenvalue weighted by Crippen LogP contribution is 2.33. The van der Waals surface area contributed by atoms with E-state index in [0.717, 1.165) is 38.5 Å². The molecule has 7 heteroatoms. The van der Waals surface area contributed by atoms with Crippen LogP contribution < -0.4 is 14.8 Å². The topological polar surface area (TPSA) is 67.9 Å². The number of amides is 2. The molecule has 0 bridgehead atoms. The van der Waals surface area contributed by atoms with E-state index in [1.54, 1.807) is 24.1 Å². The second-order valence-electron chi connectivity index (χ2n) is 7.66. The Morgan fingerprint density at radius 3 is 2.53 bits per heavy atom. The zero-order valence-electron chi connectivity index (χ0n) is 18.4. The van der Waals surface area contributed by atoms with Gasteiger partial charge in [0.2, 0.25) is 11.8 Å². The highest BCUT2D eigenvalue weighted by Gasteiger charge is 2.32. The predicted molar refractivity (Wildman–Crippen MR) is 119 cm³/mol. The molecule has 1 aliphatic carbocycles. The van der Waals surface area contributed by atoms with E-state index >= 15 is 0 Å². The van der Waals surface area contributed by atoms with Gasteiger partial charge >= 0.3 is 0 Å². The Kier molecular flexibility index (Phi) is 10.3. The van der Waals surface area contributed by atoms with Crippen LogP contribution in [0.1, 0.15) is 70.4 Å². The number of methoxy groups -OCH3 is 1. The molecule has 1 N–H and O–H groups in total. The van der Waals surface area contributed by atoms with Crippen molar-refractivity contribution in [2.75, 3.05) is 26.1 Å². The maximum Gasteiger partial charge on any atom is 0.247 e. The van der Waals surface area contributed by atoms with Gasteiger partial charge in [-0.1, -0.05) is 38.7 Å². The molecule has 30 heavy (non-hydrogen) atoms. The van der Waals surface area contributed by atoms with Gasteiger partial charge < -0.3 is 19.7 Å². The third-order valence-electron chi connectivity index (χ3n) is 5.50. The largest absolute Gasteiger partial charge is 0.493 e. The molecule has 0 heterocycles. The van der Waals surface area contributed by atoms with Crippen LogP contribution in [0.4, 0.5) is 0 Å². The number of alkyl halides is 1. The molecule has 0 aliphatic heterocycles. The lowest BCUT2D eigenvalue weighted by molar-refractivity contribution is -0.139. The molecule has 1 aromatic rings. The smallest absolute Gasteiger partial charge is 0.247 e. The lowest BCUT2D eigenvalue weighted by atomic mass is 9.94. The summed E-state index contributed by atoms with van der Waals surface area (Å²) >= 11 is 5.91. The Morgan fingerprint density at radius 2 is 1.93 bits per heavy atom. The van der Waals surface area contributed by atoms with Gasteiger partial charge in [-0.25, -0.2) is 0 Å². The number of rotatable bonds is 11. The first-order valence-corrected chi connectivity index (χ1v) is 11.6. The number of nitrogens with zero attached hydrogens (tertiary/aromatic N) is 1. The fourth-order valence-electron chi connectivity index (χ4n) is 3.93. The van der Waals surface area contributed by atoms with E-state index in [4.69, 9.17) is 21.1 Å². The van der Waals surface area contributed by atoms with Crippen LogP contribution in [0.3, 0.4) is 0 Å². The summed E-state index contributed by atoms with van der Waals surface area (Å²) in [7, 11) is 1.57. The fraction of sp³-hybridized carbons (Fsp3) is 0.652. The minimum atomic E-state index is -0.755. The van der Waals surface area contributed by atoms with Crippen molar-refractivity contribution < 1.29 is 19.1 Å². The van der Waals surface area contributed by atoms with Crippen LogP contribution >= 0.6 is 11.6 Å². The van der Waals surface area contributed by atoms with Gasteiger partial charge in [-0.05, 0) is 43.9 Å². The maximum absolute atomic E-state index is 13.4. The van der Waals surface area contributed by atoms with E-state index < -0.39 is 6.04 Å². The molecule has 0 spiro atoms. The molecule has 2 amide bonds. The highest BCUT2D eigenvalue weighted by atomic mass is 35.5. The number of carbonyl (C=O) groups excluding carboxylic acids is 2. The predicted octanol–water partition coefficient (Wildman–Crippen LogP) is 4.45. The standard InChI is InChI=1S/C23H35ClN2O4/c1-4-6-14-26(21(27)16-24)22(23(28)25-18-10-8-7-9-11-18)17-12-13-19(30-5-2)20(15-17)29-3/h12-13,15,18,22H,4-11,14,16H2,1-3H3,(H,25,28). The molecule has 1 aromatic carbocycles. The van der Waals surface area contributed by atoms with Crippen LogP contribution in [0, 0.1) is 0 Å². The molecule has 1 saturated carbocycles. The van der Waals surface area contributed by atoms with Gasteiger partial charge in [0.1, 0.15) is 11.9 Å². The van der Waals surface area contributed by atoms with Gasteiger partial charge in [-0.15, -0.1) is 11.6 Å². The van der Waals surface area contributed by atoms with E-state index in [-0.39, 0.29) is 23.7 Å². The summed E-state index contributed by atoms with van der Waals surface area (Å²) in [5, 5.41) is 3.18. The molecule has 2 rings (SSSR count). The number of halogens is 1. The number of nitrogens with one attached hydrogen (secondary N) is 1. The zero-order valence-corrected chi connectivity index (χ0v) is 19.2. The van der Waals surface area contributed by atoms with E-state index in [1.165, 1.54) is 6.42 Å². The first kappa shape index (κ1) is 24.3. The SMILES string of the molecule is CCCCN(C(=O)CCl)C(C(=O)NC1CCCCC1)c1ccc(OCC)c(OC)c1. The van der Waals surface area contributed by atoms with Crippen LogP contribution in [0.5, 0.6) is 11.5 Å². The minimum Gasteiger partial charge on any atom is -0.493 e. The number of benzene rings is 1. The Morgan fingerprint density at radius 1 is 1.20 bits per heavy atom. The summed E-state index contributed by atoms with van der Waals surface area (Å²) in [5.41, 5.74) is 0.693. The summed E-state index contributed by atoms with van der Waals surface area (Å²) in [6, 6.07) is 4.81. The summed E-state index contributed by atoms with van der Waals surface area (Å²) in [6.07, 6.45) is 7.10. The van der Waals surface area contributed by atoms with Gasteiger partial charge in [-0.2, -0.15) is 0 Å².